The number of rotatable bonds is 8. The van der Waals surface area contributed by atoms with Crippen molar-refractivity contribution in [2.24, 2.45) is 0 Å². The van der Waals surface area contributed by atoms with E-state index in [0.29, 0.717) is 18.1 Å². The Labute approximate surface area is 165 Å². The molecular formula is C21H25ClN2O3. The third-order valence-corrected chi connectivity index (χ3v) is 4.90. The molecule has 2 aromatic carbocycles. The number of benzene rings is 2. The Morgan fingerprint density at radius 2 is 1.78 bits per heavy atom. The normalized spacial score (nSPS) is 13.6. The fourth-order valence-corrected chi connectivity index (χ4v) is 3.35. The predicted octanol–water partition coefficient (Wildman–Crippen LogP) is 3.64. The molecule has 0 saturated carbocycles. The van der Waals surface area contributed by atoms with E-state index >= 15 is 0 Å². The van der Waals surface area contributed by atoms with Gasteiger partial charge in [-0.1, -0.05) is 35.9 Å². The zero-order valence-electron chi connectivity index (χ0n) is 15.5. The van der Waals surface area contributed by atoms with Gasteiger partial charge in [0.15, 0.2) is 6.61 Å². The number of carbonyl (C=O) groups is 1. The van der Waals surface area contributed by atoms with E-state index in [9.17, 15) is 4.79 Å². The van der Waals surface area contributed by atoms with Crippen molar-refractivity contribution in [3.05, 3.63) is 58.6 Å². The molecule has 0 atom stereocenters. The molecule has 144 valence electrons. The Morgan fingerprint density at radius 1 is 1.07 bits per heavy atom. The number of para-hydroxylation sites is 1. The molecule has 0 aromatic heterocycles. The molecule has 0 bridgehead atoms. The van der Waals surface area contributed by atoms with E-state index in [4.69, 9.17) is 21.1 Å². The second kappa shape index (κ2) is 9.62. The number of amides is 1. The second-order valence-corrected chi connectivity index (χ2v) is 6.98. The highest BCUT2D eigenvalue weighted by Gasteiger charge is 2.18. The highest BCUT2D eigenvalue weighted by molar-refractivity contribution is 6.30. The van der Waals surface area contributed by atoms with E-state index in [1.54, 1.807) is 13.2 Å². The number of hydrogen-bond donors (Lipinski definition) is 1. The Kier molecular flexibility index (Phi) is 6.96. The first-order valence-electron chi connectivity index (χ1n) is 9.19. The number of ether oxygens (including phenoxy) is 2. The molecular weight excluding hydrogens is 364 g/mol. The summed E-state index contributed by atoms with van der Waals surface area (Å²) in [6.07, 6.45) is 2.17. The third kappa shape index (κ3) is 5.37. The molecule has 1 heterocycles. The van der Waals surface area contributed by atoms with E-state index in [1.165, 1.54) is 0 Å². The summed E-state index contributed by atoms with van der Waals surface area (Å²) in [6.45, 7) is 3.03. The first-order chi connectivity index (χ1) is 13.2. The summed E-state index contributed by atoms with van der Waals surface area (Å²) in [5.41, 5.74) is 2.05. The van der Waals surface area contributed by atoms with Crippen molar-refractivity contribution in [1.82, 2.24) is 10.2 Å². The van der Waals surface area contributed by atoms with Crippen molar-refractivity contribution in [2.45, 2.75) is 25.9 Å². The van der Waals surface area contributed by atoms with Crippen LogP contribution in [0.15, 0.2) is 42.5 Å². The fourth-order valence-electron chi connectivity index (χ4n) is 3.18. The average molecular weight is 389 g/mol. The third-order valence-electron chi connectivity index (χ3n) is 4.66. The molecule has 1 aliphatic heterocycles. The van der Waals surface area contributed by atoms with Crippen LogP contribution in [0.25, 0.3) is 0 Å². The van der Waals surface area contributed by atoms with Crippen LogP contribution in [-0.2, 0) is 17.9 Å². The smallest absolute Gasteiger partial charge is 0.260 e. The lowest BCUT2D eigenvalue weighted by Gasteiger charge is -2.17. The van der Waals surface area contributed by atoms with Crippen molar-refractivity contribution in [3.8, 4) is 11.5 Å². The van der Waals surface area contributed by atoms with Gasteiger partial charge in [0.1, 0.15) is 11.5 Å². The number of nitrogens with zero attached hydrogens (tertiary/aromatic N) is 1. The molecule has 0 spiro atoms. The number of likely N-dealkylation sites (tertiary alicyclic amines) is 1. The summed E-state index contributed by atoms with van der Waals surface area (Å²) in [4.78, 5) is 14.1. The maximum Gasteiger partial charge on any atom is 0.260 e. The molecule has 3 rings (SSSR count). The quantitative estimate of drug-likeness (QED) is 0.750. The molecule has 0 aliphatic carbocycles. The van der Waals surface area contributed by atoms with E-state index in [0.717, 1.165) is 48.6 Å². The number of nitrogens with one attached hydrogen (secondary N) is 1. The molecule has 2 aromatic rings. The van der Waals surface area contributed by atoms with Gasteiger partial charge in [-0.3, -0.25) is 4.79 Å². The summed E-state index contributed by atoms with van der Waals surface area (Å²) in [7, 11) is 1.63. The number of hydrogen-bond acceptors (Lipinski definition) is 4. The van der Waals surface area contributed by atoms with E-state index in [1.807, 2.05) is 41.3 Å². The molecule has 1 aliphatic rings. The maximum atomic E-state index is 12.2. The van der Waals surface area contributed by atoms with Gasteiger partial charge in [0.2, 0.25) is 0 Å². The van der Waals surface area contributed by atoms with E-state index in [-0.39, 0.29) is 12.5 Å². The summed E-state index contributed by atoms with van der Waals surface area (Å²) >= 11 is 6.01. The molecule has 1 saturated heterocycles. The van der Waals surface area contributed by atoms with Gasteiger partial charge in [-0.15, -0.1) is 0 Å². The minimum atomic E-state index is 0.0566. The van der Waals surface area contributed by atoms with Crippen LogP contribution in [0.5, 0.6) is 11.5 Å². The number of carbonyl (C=O) groups excluding carboxylic acids is 1. The molecule has 1 fully saturated rings. The Balaban J connectivity index is 1.55. The topological polar surface area (TPSA) is 50.8 Å². The summed E-state index contributed by atoms with van der Waals surface area (Å²) in [5, 5.41) is 4.05. The van der Waals surface area contributed by atoms with Crippen molar-refractivity contribution >= 4 is 17.5 Å². The first kappa shape index (κ1) is 19.5. The average Bonchev–Trinajstić information content (AvgIpc) is 3.23. The van der Waals surface area contributed by atoms with Gasteiger partial charge in [-0.2, -0.15) is 0 Å². The van der Waals surface area contributed by atoms with Gasteiger partial charge >= 0.3 is 0 Å². The van der Waals surface area contributed by atoms with Gasteiger partial charge in [-0.25, -0.2) is 0 Å². The molecule has 1 amide bonds. The summed E-state index contributed by atoms with van der Waals surface area (Å²) in [6, 6.07) is 13.4. The second-order valence-electron chi connectivity index (χ2n) is 6.54. The maximum absolute atomic E-state index is 12.2. The van der Waals surface area contributed by atoms with E-state index < -0.39 is 0 Å². The van der Waals surface area contributed by atoms with Crippen molar-refractivity contribution < 1.29 is 14.3 Å². The minimum Gasteiger partial charge on any atom is -0.496 e. The largest absolute Gasteiger partial charge is 0.496 e. The molecule has 1 N–H and O–H groups in total. The highest BCUT2D eigenvalue weighted by atomic mass is 35.5. The minimum absolute atomic E-state index is 0.0566. The van der Waals surface area contributed by atoms with E-state index in [2.05, 4.69) is 5.32 Å². The van der Waals surface area contributed by atoms with Crippen LogP contribution < -0.4 is 14.8 Å². The van der Waals surface area contributed by atoms with Gasteiger partial charge in [0.05, 0.1) is 7.11 Å². The molecule has 5 nitrogen and oxygen atoms in total. The lowest BCUT2D eigenvalue weighted by molar-refractivity contribution is -0.132. The lowest BCUT2D eigenvalue weighted by Crippen LogP contribution is -2.32. The molecule has 0 unspecified atom stereocenters. The first-order valence-corrected chi connectivity index (χ1v) is 9.57. The van der Waals surface area contributed by atoms with Crippen LogP contribution >= 0.6 is 11.6 Å². The molecule has 6 heteroatoms. The van der Waals surface area contributed by atoms with Gasteiger partial charge in [0.25, 0.3) is 5.91 Å². The van der Waals surface area contributed by atoms with Crippen LogP contribution in [0, 0.1) is 0 Å². The van der Waals surface area contributed by atoms with Crippen LogP contribution in [0.2, 0.25) is 5.02 Å². The predicted molar refractivity (Wildman–Crippen MR) is 106 cm³/mol. The van der Waals surface area contributed by atoms with Crippen molar-refractivity contribution in [1.29, 1.82) is 0 Å². The van der Waals surface area contributed by atoms with Gasteiger partial charge in [0, 0.05) is 42.3 Å². The number of methoxy groups -OCH3 is 1. The van der Waals surface area contributed by atoms with Gasteiger partial charge in [-0.05, 0) is 31.0 Å². The van der Waals surface area contributed by atoms with Crippen LogP contribution in [0.1, 0.15) is 24.0 Å². The van der Waals surface area contributed by atoms with Crippen molar-refractivity contribution in [3.63, 3.8) is 0 Å². The zero-order valence-corrected chi connectivity index (χ0v) is 16.3. The molecule has 27 heavy (non-hydrogen) atoms. The summed E-state index contributed by atoms with van der Waals surface area (Å²) < 4.78 is 11.2. The van der Waals surface area contributed by atoms with Crippen molar-refractivity contribution in [2.75, 3.05) is 26.8 Å². The lowest BCUT2D eigenvalue weighted by atomic mass is 10.1. The summed E-state index contributed by atoms with van der Waals surface area (Å²) in [5.74, 6) is 1.55. The standard InChI is InChI=1S/C21H25ClN2O3/c1-26-20-12-18(22)9-8-17(20)14-23-13-16-6-2-3-7-19(16)27-15-21(25)24-10-4-5-11-24/h2-3,6-9,12,23H,4-5,10-11,13-15H2,1H3. The Bertz CT molecular complexity index is 776. The Hall–Kier alpha value is -2.24. The van der Waals surface area contributed by atoms with Crippen LogP contribution in [0.3, 0.4) is 0 Å². The molecule has 0 radical (unpaired) electrons. The number of halogens is 1. The SMILES string of the molecule is COc1cc(Cl)ccc1CNCc1ccccc1OCC(=O)N1CCCC1. The van der Waals surface area contributed by atoms with Crippen LogP contribution in [-0.4, -0.2) is 37.6 Å². The monoisotopic (exact) mass is 388 g/mol. The van der Waals surface area contributed by atoms with Crippen LogP contribution in [0.4, 0.5) is 0 Å². The fraction of sp³-hybridized carbons (Fsp3) is 0.381. The van der Waals surface area contributed by atoms with Gasteiger partial charge < -0.3 is 19.7 Å². The zero-order chi connectivity index (χ0) is 19.1. The Morgan fingerprint density at radius 3 is 2.52 bits per heavy atom. The highest BCUT2D eigenvalue weighted by Crippen LogP contribution is 2.23.